The van der Waals surface area contributed by atoms with E-state index in [2.05, 4.69) is 55.4 Å². The molecule has 6 atom stereocenters. The van der Waals surface area contributed by atoms with E-state index < -0.39 is 97.5 Å². The molecule has 0 saturated heterocycles. The molecule has 0 aromatic carbocycles. The van der Waals surface area contributed by atoms with Gasteiger partial charge in [-0.3, -0.25) is 37.3 Å². The summed E-state index contributed by atoms with van der Waals surface area (Å²) in [5.74, 6) is 0.890. The van der Waals surface area contributed by atoms with Gasteiger partial charge in [-0.1, -0.05) is 319 Å². The first kappa shape index (κ1) is 91.1. The predicted octanol–water partition coefficient (Wildman–Crippen LogP) is 21.3. The van der Waals surface area contributed by atoms with Crippen LogP contribution in [-0.2, 0) is 65.4 Å². The largest absolute Gasteiger partial charge is 0.472 e. The van der Waals surface area contributed by atoms with Gasteiger partial charge in [-0.2, -0.15) is 0 Å². The fraction of sp³-hybridized carbons (Fsp3) is 0.946. The lowest BCUT2D eigenvalue weighted by molar-refractivity contribution is -0.161. The molecule has 17 nitrogen and oxygen atoms in total. The van der Waals surface area contributed by atoms with Gasteiger partial charge in [0, 0.05) is 25.7 Å². The van der Waals surface area contributed by atoms with Crippen LogP contribution in [0.25, 0.3) is 0 Å². The number of phosphoric acid groups is 2. The molecule has 3 unspecified atom stereocenters. The molecule has 19 heteroatoms. The Kier molecular flexibility index (Phi) is 62.2. The average molecular weight is 1370 g/mol. The summed E-state index contributed by atoms with van der Waals surface area (Å²) in [5, 5.41) is 10.6. The summed E-state index contributed by atoms with van der Waals surface area (Å²) in [6.45, 7) is 14.1. The number of aliphatic hydroxyl groups is 1. The van der Waals surface area contributed by atoms with Crippen molar-refractivity contribution in [2.24, 2.45) is 23.7 Å². The highest BCUT2D eigenvalue weighted by Crippen LogP contribution is 2.45. The van der Waals surface area contributed by atoms with Crippen LogP contribution in [0.3, 0.4) is 0 Å². The molecule has 0 fully saturated rings. The molecule has 0 heterocycles. The summed E-state index contributed by atoms with van der Waals surface area (Å²) in [6.07, 6.45) is 47.3. The normalized spacial score (nSPS) is 14.5. The first-order chi connectivity index (χ1) is 44.6. The third-order valence-electron chi connectivity index (χ3n) is 17.4. The molecule has 552 valence electrons. The quantitative estimate of drug-likeness (QED) is 0.0222. The fourth-order valence-corrected chi connectivity index (χ4v) is 12.7. The van der Waals surface area contributed by atoms with Crippen LogP contribution in [0, 0.1) is 23.7 Å². The SMILES string of the molecule is CCC(C)CCCCCCCCC(=O)OC[C@H](COP(=O)(O)OC[C@H](O)COP(=O)(O)OC[C@@H](COC(=O)CCCCCCCCCC(C)C)OC(=O)CCCCCCCCCCCCCCCCCC(C)C)OC(=O)CCCCCCCCCCCCCCC(C)C. The first-order valence-electron chi connectivity index (χ1n) is 38.2. The van der Waals surface area contributed by atoms with Gasteiger partial charge >= 0.3 is 39.5 Å². The minimum absolute atomic E-state index is 0.105. The number of carbonyl (C=O) groups excluding carboxylic acids is 4. The Morgan fingerprint density at radius 1 is 0.301 bits per heavy atom. The van der Waals surface area contributed by atoms with Crippen molar-refractivity contribution in [1.29, 1.82) is 0 Å². The molecule has 0 aromatic rings. The van der Waals surface area contributed by atoms with Crippen molar-refractivity contribution in [2.75, 3.05) is 39.6 Å². The van der Waals surface area contributed by atoms with E-state index in [0.29, 0.717) is 31.6 Å². The highest BCUT2D eigenvalue weighted by atomic mass is 31.2. The van der Waals surface area contributed by atoms with Crippen LogP contribution in [0.1, 0.15) is 370 Å². The van der Waals surface area contributed by atoms with E-state index >= 15 is 0 Å². The van der Waals surface area contributed by atoms with Crippen LogP contribution in [-0.4, -0.2) is 96.7 Å². The summed E-state index contributed by atoms with van der Waals surface area (Å²) >= 11 is 0. The Labute approximate surface area is 568 Å². The third kappa shape index (κ3) is 67.0. The lowest BCUT2D eigenvalue weighted by Gasteiger charge is -2.21. The topological polar surface area (TPSA) is 237 Å². The molecule has 0 saturated carbocycles. The Morgan fingerprint density at radius 3 is 0.763 bits per heavy atom. The van der Waals surface area contributed by atoms with Gasteiger partial charge in [-0.05, 0) is 49.4 Å². The van der Waals surface area contributed by atoms with Crippen molar-refractivity contribution in [2.45, 2.75) is 388 Å². The van der Waals surface area contributed by atoms with E-state index in [4.69, 9.17) is 37.0 Å². The minimum atomic E-state index is -4.95. The number of phosphoric ester groups is 2. The van der Waals surface area contributed by atoms with Gasteiger partial charge in [0.15, 0.2) is 12.2 Å². The van der Waals surface area contributed by atoms with Crippen molar-refractivity contribution in [3.63, 3.8) is 0 Å². The summed E-state index contributed by atoms with van der Waals surface area (Å²) in [5.41, 5.74) is 0. The van der Waals surface area contributed by atoms with E-state index in [1.54, 1.807) is 0 Å². The minimum Gasteiger partial charge on any atom is -0.462 e. The summed E-state index contributed by atoms with van der Waals surface area (Å²) in [6, 6.07) is 0. The van der Waals surface area contributed by atoms with E-state index in [-0.39, 0.29) is 25.7 Å². The number of carbonyl (C=O) groups is 4. The molecule has 0 aromatic heterocycles. The van der Waals surface area contributed by atoms with Gasteiger partial charge in [-0.25, -0.2) is 9.13 Å². The zero-order chi connectivity index (χ0) is 68.9. The molecule has 0 spiro atoms. The van der Waals surface area contributed by atoms with Gasteiger partial charge in [0.2, 0.25) is 0 Å². The second-order valence-corrected chi connectivity index (χ2v) is 31.3. The Morgan fingerprint density at radius 2 is 0.516 bits per heavy atom. The number of unbranched alkanes of at least 4 members (excludes halogenated alkanes) is 36. The van der Waals surface area contributed by atoms with Crippen LogP contribution < -0.4 is 0 Å². The van der Waals surface area contributed by atoms with Crippen molar-refractivity contribution in [1.82, 2.24) is 0 Å². The third-order valence-corrected chi connectivity index (χ3v) is 19.3. The van der Waals surface area contributed by atoms with Crippen LogP contribution in [0.5, 0.6) is 0 Å². The van der Waals surface area contributed by atoms with E-state index in [1.807, 2.05) is 0 Å². The van der Waals surface area contributed by atoms with Crippen LogP contribution in [0.2, 0.25) is 0 Å². The van der Waals surface area contributed by atoms with E-state index in [0.717, 1.165) is 120 Å². The van der Waals surface area contributed by atoms with Gasteiger partial charge in [0.25, 0.3) is 0 Å². The number of aliphatic hydroxyl groups excluding tert-OH is 1. The molecule has 0 aliphatic heterocycles. The molecule has 0 bridgehead atoms. The monoisotopic (exact) mass is 1370 g/mol. The Hall–Kier alpha value is -1.94. The maximum absolute atomic E-state index is 13.0. The Balaban J connectivity index is 5.22. The highest BCUT2D eigenvalue weighted by molar-refractivity contribution is 7.47. The molecule has 0 aliphatic carbocycles. The van der Waals surface area contributed by atoms with Crippen LogP contribution in [0.4, 0.5) is 0 Å². The summed E-state index contributed by atoms with van der Waals surface area (Å²) in [7, 11) is -9.91. The molecule has 3 N–H and O–H groups in total. The zero-order valence-electron chi connectivity index (χ0n) is 60.9. The average Bonchev–Trinajstić information content (AvgIpc) is 2.58. The molecule has 0 rings (SSSR count). The second-order valence-electron chi connectivity index (χ2n) is 28.4. The predicted molar refractivity (Wildman–Crippen MR) is 377 cm³/mol. The van der Waals surface area contributed by atoms with E-state index in [9.17, 15) is 43.2 Å². The number of hydrogen-bond donors (Lipinski definition) is 3. The molecular formula is C74H144O17P2. The summed E-state index contributed by atoms with van der Waals surface area (Å²) in [4.78, 5) is 72.7. The van der Waals surface area contributed by atoms with Gasteiger partial charge in [0.05, 0.1) is 26.4 Å². The highest BCUT2D eigenvalue weighted by Gasteiger charge is 2.30. The second kappa shape index (κ2) is 63.5. The van der Waals surface area contributed by atoms with Gasteiger partial charge in [-0.15, -0.1) is 0 Å². The zero-order valence-corrected chi connectivity index (χ0v) is 62.7. The smallest absolute Gasteiger partial charge is 0.462 e. The Bertz CT molecular complexity index is 1840. The van der Waals surface area contributed by atoms with Crippen molar-refractivity contribution in [3.05, 3.63) is 0 Å². The maximum Gasteiger partial charge on any atom is 0.472 e. The first-order valence-corrected chi connectivity index (χ1v) is 41.2. The molecule has 0 radical (unpaired) electrons. The lowest BCUT2D eigenvalue weighted by atomic mass is 10.00. The van der Waals surface area contributed by atoms with Crippen LogP contribution in [0.15, 0.2) is 0 Å². The fourth-order valence-electron chi connectivity index (χ4n) is 11.2. The summed E-state index contributed by atoms with van der Waals surface area (Å²) < 4.78 is 68.4. The number of ether oxygens (including phenoxy) is 4. The number of rotatable bonds is 71. The van der Waals surface area contributed by atoms with E-state index in [1.165, 1.54) is 161 Å². The van der Waals surface area contributed by atoms with Gasteiger partial charge in [0.1, 0.15) is 19.3 Å². The lowest BCUT2D eigenvalue weighted by Crippen LogP contribution is -2.30. The number of esters is 4. The molecule has 0 aliphatic rings. The number of hydrogen-bond acceptors (Lipinski definition) is 15. The maximum atomic E-state index is 13.0. The van der Waals surface area contributed by atoms with Crippen LogP contribution >= 0.6 is 15.6 Å². The molecule has 93 heavy (non-hydrogen) atoms. The van der Waals surface area contributed by atoms with Crippen molar-refractivity contribution in [3.8, 4) is 0 Å². The van der Waals surface area contributed by atoms with Crippen molar-refractivity contribution >= 4 is 39.5 Å². The van der Waals surface area contributed by atoms with Gasteiger partial charge < -0.3 is 33.8 Å². The standard InChI is InChI=1S/C74H144O17P2/c1-9-67(8)53-45-37-32-33-39-47-55-72(77)85-61-70(91-74(79)57-49-41-30-24-20-16-15-18-22-27-35-43-51-65(4)5)63-89-93(82,83)87-59-68(75)58-86-92(80,81)88-62-69(60-84-71(76)54-46-38-31-25-28-36-44-52-66(6)7)90-73(78)56-48-40-29-23-19-14-12-10-11-13-17-21-26-34-42-50-64(2)3/h64-70,75H,9-63H2,1-8H3,(H,80,81)(H,82,83)/t67?,68-,69-,70-/m1/s1. The van der Waals surface area contributed by atoms with Crippen molar-refractivity contribution < 1.29 is 80.2 Å². The molecular weight excluding hydrogens is 1220 g/mol. The molecule has 0 amide bonds.